The molecule has 2 aliphatic heterocycles. The molecule has 4 aromatic rings. The van der Waals surface area contributed by atoms with Gasteiger partial charge in [-0.1, -0.05) is 103 Å². The van der Waals surface area contributed by atoms with Crippen LogP contribution < -0.4 is 32.3 Å². The van der Waals surface area contributed by atoms with E-state index in [2.05, 4.69) is 31.5 Å². The first-order valence-corrected chi connectivity index (χ1v) is 23.0. The van der Waals surface area contributed by atoms with Crippen molar-refractivity contribution in [2.24, 2.45) is 11.1 Å². The van der Waals surface area contributed by atoms with Crippen molar-refractivity contribution in [3.63, 3.8) is 0 Å². The van der Waals surface area contributed by atoms with Crippen LogP contribution in [0.5, 0.6) is 0 Å². The number of fused-ring (bicyclic) bond motifs is 3. The van der Waals surface area contributed by atoms with Gasteiger partial charge in [-0.05, 0) is 83.7 Å². The van der Waals surface area contributed by atoms with E-state index in [0.717, 1.165) is 39.8 Å². The van der Waals surface area contributed by atoms with Gasteiger partial charge < -0.3 is 42.2 Å². The smallest absolute Gasteiger partial charge is 0.307 e. The van der Waals surface area contributed by atoms with E-state index in [9.17, 15) is 33.9 Å². The number of nitrogens with zero attached hydrogens (tertiary/aromatic N) is 1. The Labute approximate surface area is 392 Å². The second-order valence-electron chi connectivity index (χ2n) is 17.3. The minimum atomic E-state index is -0.987. The molecule has 2 bridgehead atoms. The summed E-state index contributed by atoms with van der Waals surface area (Å²) in [6.45, 7) is 4.74. The third kappa shape index (κ3) is 14.7. The maximum absolute atomic E-state index is 15.0. The Balaban J connectivity index is 1.30. The second-order valence-corrected chi connectivity index (χ2v) is 17.3. The lowest BCUT2D eigenvalue weighted by molar-refractivity contribution is -0.138. The average Bonchev–Trinajstić information content (AvgIpc) is 3.31. The van der Waals surface area contributed by atoms with Gasteiger partial charge in [-0.15, -0.1) is 0 Å². The zero-order valence-corrected chi connectivity index (χ0v) is 38.2. The normalized spacial score (nSPS) is 21.4. The lowest BCUT2D eigenvalue weighted by Crippen LogP contribution is -2.57. The number of carboxylic acid groups (broad SMARTS) is 1. The van der Waals surface area contributed by atoms with Crippen molar-refractivity contribution in [2.75, 3.05) is 52.5 Å². The number of hydrogen-bond acceptors (Lipinski definition) is 9. The maximum atomic E-state index is 15.0. The Morgan fingerprint density at radius 2 is 1.64 bits per heavy atom. The van der Waals surface area contributed by atoms with Gasteiger partial charge in [0.1, 0.15) is 12.1 Å². The number of piperidine rings is 1. The molecule has 8 N–H and O–H groups in total. The summed E-state index contributed by atoms with van der Waals surface area (Å²) in [5, 5.41) is 24.2. The first-order chi connectivity index (χ1) is 32.4. The molecule has 6 rings (SSSR count). The first kappa shape index (κ1) is 49.7. The van der Waals surface area contributed by atoms with Gasteiger partial charge in [-0.25, -0.2) is 0 Å². The third-order valence-corrected chi connectivity index (χ3v) is 12.4. The summed E-state index contributed by atoms with van der Waals surface area (Å²) in [7, 11) is 0. The van der Waals surface area contributed by atoms with E-state index in [0.29, 0.717) is 56.8 Å². The summed E-state index contributed by atoms with van der Waals surface area (Å²) in [6, 6.07) is 28.4. The van der Waals surface area contributed by atoms with Crippen molar-refractivity contribution in [1.82, 2.24) is 31.5 Å². The average molecular weight is 914 g/mol. The molecule has 0 spiro atoms. The number of ether oxygens (including phenoxy) is 1. The van der Waals surface area contributed by atoms with E-state index >= 15 is 0 Å². The molecule has 0 aliphatic carbocycles. The highest BCUT2D eigenvalue weighted by Gasteiger charge is 2.43. The Morgan fingerprint density at radius 3 is 2.40 bits per heavy atom. The van der Waals surface area contributed by atoms with E-state index in [1.165, 1.54) is 6.08 Å². The van der Waals surface area contributed by atoms with Gasteiger partial charge in [0, 0.05) is 51.8 Å². The van der Waals surface area contributed by atoms with Crippen LogP contribution in [0.4, 0.5) is 0 Å². The molecule has 2 heterocycles. The highest BCUT2D eigenvalue weighted by Crippen LogP contribution is 2.35. The van der Waals surface area contributed by atoms with Gasteiger partial charge in [0.15, 0.2) is 0 Å². The number of carboxylic acids is 1. The van der Waals surface area contributed by atoms with Crippen LogP contribution in [0.1, 0.15) is 52.6 Å². The lowest BCUT2D eigenvalue weighted by Gasteiger charge is -2.42. The van der Waals surface area contributed by atoms with Gasteiger partial charge in [-0.2, -0.15) is 0 Å². The van der Waals surface area contributed by atoms with Crippen molar-refractivity contribution in [3.8, 4) is 11.1 Å². The van der Waals surface area contributed by atoms with E-state index in [-0.39, 0.29) is 63.7 Å². The standard InChI is InChI=1S/C52H63N7O8/c1-36-40(32-48(62)63)14-7-15-43(36)39-19-17-37(18-20-39)30-45-50(65)56-34-42-13-6-5-12-41(42)31-47(61)57-44(49(64)55-25-29-67-28-23-53)21-24-54-46(60)16-8-26-59-27-9-22-52(35-59,51(66)58-45)33-38-10-3-2-4-11-38/h2-8,10-20,44-45H,9,21-35,53H2,1H3,(H,54,60)(H,55,64)(H,56,65)(H,57,61)(H,58,66)(H,62,63)/b16-8+/t44-,45-,52-/m0/s1. The molecule has 354 valence electrons. The molecule has 0 saturated carbocycles. The van der Waals surface area contributed by atoms with Gasteiger partial charge >= 0.3 is 5.97 Å². The number of rotatable bonds is 13. The molecule has 1 saturated heterocycles. The fraction of sp³-hybridized carbons (Fsp3) is 0.385. The monoisotopic (exact) mass is 913 g/mol. The maximum Gasteiger partial charge on any atom is 0.307 e. The van der Waals surface area contributed by atoms with Gasteiger partial charge in [0.05, 0.1) is 31.5 Å². The molecular weight excluding hydrogens is 851 g/mol. The van der Waals surface area contributed by atoms with E-state index in [1.807, 2.05) is 91.9 Å². The molecule has 4 aromatic carbocycles. The summed E-state index contributed by atoms with van der Waals surface area (Å²) >= 11 is 0. The molecular formula is C52H63N7O8. The molecule has 0 radical (unpaired) electrons. The highest BCUT2D eigenvalue weighted by molar-refractivity contribution is 5.91. The van der Waals surface area contributed by atoms with Crippen LogP contribution in [0.15, 0.2) is 109 Å². The van der Waals surface area contributed by atoms with Crippen molar-refractivity contribution >= 4 is 35.5 Å². The largest absolute Gasteiger partial charge is 0.481 e. The van der Waals surface area contributed by atoms with Crippen molar-refractivity contribution in [3.05, 3.63) is 143 Å². The number of benzene rings is 4. The third-order valence-electron chi connectivity index (χ3n) is 12.4. The fourth-order valence-electron chi connectivity index (χ4n) is 8.86. The predicted octanol–water partition coefficient (Wildman–Crippen LogP) is 3.15. The SMILES string of the molecule is Cc1c(CC(=O)O)cccc1-c1ccc(C[C@@H]2NC(=O)[C@]3(Cc4ccccc4)CCCN(C/C=C/C(=O)NCC[C@@H](C(=O)NCCOCCN)NC(=O)Cc4ccccc4CNC2=O)C3)cc1. The highest BCUT2D eigenvalue weighted by atomic mass is 16.5. The molecule has 67 heavy (non-hydrogen) atoms. The fourth-order valence-corrected chi connectivity index (χ4v) is 8.86. The van der Waals surface area contributed by atoms with Gasteiger partial charge in [-0.3, -0.25) is 33.7 Å². The zero-order chi connectivity index (χ0) is 47.6. The molecule has 15 nitrogen and oxygen atoms in total. The Hall–Kier alpha value is -6.68. The van der Waals surface area contributed by atoms with Gasteiger partial charge in [0.2, 0.25) is 29.5 Å². The zero-order valence-electron chi connectivity index (χ0n) is 38.2. The number of aliphatic carboxylic acids is 1. The number of nitrogens with two attached hydrogens (primary N) is 1. The minimum absolute atomic E-state index is 0.0631. The topological polar surface area (TPSA) is 221 Å². The summed E-state index contributed by atoms with van der Waals surface area (Å²) in [6.07, 6.45) is 5.07. The molecule has 4 atom stereocenters. The Bertz CT molecular complexity index is 2370. The van der Waals surface area contributed by atoms with Crippen LogP contribution in [-0.2, 0) is 65.7 Å². The number of carbonyl (C=O) groups is 6. The Morgan fingerprint density at radius 1 is 0.881 bits per heavy atom. The summed E-state index contributed by atoms with van der Waals surface area (Å²) in [5.41, 5.74) is 11.1. The van der Waals surface area contributed by atoms with Crippen molar-refractivity contribution in [1.29, 1.82) is 0 Å². The van der Waals surface area contributed by atoms with E-state index in [1.54, 1.807) is 18.2 Å². The van der Waals surface area contributed by atoms with Crippen molar-refractivity contribution in [2.45, 2.75) is 70.5 Å². The van der Waals surface area contributed by atoms with Crippen molar-refractivity contribution < 1.29 is 38.6 Å². The van der Waals surface area contributed by atoms with E-state index < -0.39 is 41.2 Å². The summed E-state index contributed by atoms with van der Waals surface area (Å²) in [5.74, 6) is -2.75. The van der Waals surface area contributed by atoms with Gasteiger partial charge in [0.25, 0.3) is 0 Å². The number of amides is 5. The van der Waals surface area contributed by atoms with Crippen LogP contribution in [0.25, 0.3) is 11.1 Å². The molecule has 0 aromatic heterocycles. The predicted molar refractivity (Wildman–Crippen MR) is 255 cm³/mol. The summed E-state index contributed by atoms with van der Waals surface area (Å²) in [4.78, 5) is 83.1. The van der Waals surface area contributed by atoms with Crippen LogP contribution in [0.3, 0.4) is 0 Å². The number of hydrogen-bond donors (Lipinski definition) is 7. The molecule has 15 heteroatoms. The quantitative estimate of drug-likeness (QED) is 0.0972. The van der Waals surface area contributed by atoms with Crippen LogP contribution in [0, 0.1) is 12.3 Å². The lowest BCUT2D eigenvalue weighted by atomic mass is 9.74. The molecule has 2 aliphatic rings. The van der Waals surface area contributed by atoms with Crippen LogP contribution in [-0.4, -0.2) is 110 Å². The second kappa shape index (κ2) is 24.7. The number of nitrogens with one attached hydrogen (secondary N) is 5. The molecule has 1 fully saturated rings. The first-order valence-electron chi connectivity index (χ1n) is 23.0. The van der Waals surface area contributed by atoms with Crippen LogP contribution >= 0.6 is 0 Å². The van der Waals surface area contributed by atoms with E-state index in [4.69, 9.17) is 10.5 Å². The van der Waals surface area contributed by atoms with Crippen LogP contribution in [0.2, 0.25) is 0 Å². The molecule has 1 unspecified atom stereocenters. The molecule has 5 amide bonds. The Kier molecular flexibility index (Phi) is 18.4. The number of carbonyl (C=O) groups excluding carboxylic acids is 5. The minimum Gasteiger partial charge on any atom is -0.481 e. The summed E-state index contributed by atoms with van der Waals surface area (Å²) < 4.78 is 5.39.